The molecule has 0 radical (unpaired) electrons. The number of carboxylic acids is 2. The van der Waals surface area contributed by atoms with Crippen molar-refractivity contribution in [2.24, 2.45) is 0 Å². The summed E-state index contributed by atoms with van der Waals surface area (Å²) < 4.78 is 28.2. The lowest BCUT2D eigenvalue weighted by molar-refractivity contribution is -0.138. The van der Waals surface area contributed by atoms with Crippen LogP contribution in [-0.4, -0.2) is 39.9 Å². The summed E-state index contributed by atoms with van der Waals surface area (Å²) in [5.41, 5.74) is 3.33. The van der Waals surface area contributed by atoms with Crippen molar-refractivity contribution in [2.75, 3.05) is 13.2 Å². The molecule has 1 heterocycles. The van der Waals surface area contributed by atoms with Crippen LogP contribution in [0.25, 0.3) is 23.1 Å². The zero-order valence-electron chi connectivity index (χ0n) is 23.0. The second-order valence-electron chi connectivity index (χ2n) is 9.77. The lowest BCUT2D eigenvalue weighted by atomic mass is 10.0. The molecule has 0 atom stereocenters. The molecule has 0 aliphatic carbocycles. The third kappa shape index (κ3) is 7.97. The van der Waals surface area contributed by atoms with Crippen molar-refractivity contribution in [2.45, 2.75) is 45.6 Å². The summed E-state index contributed by atoms with van der Waals surface area (Å²) in [7, 11) is 0. The van der Waals surface area contributed by atoms with E-state index in [2.05, 4.69) is 0 Å². The molecule has 8 heteroatoms. The van der Waals surface area contributed by atoms with Crippen molar-refractivity contribution in [3.05, 3.63) is 94.9 Å². The molecule has 1 aromatic heterocycles. The Hall–Kier alpha value is -4.59. The fourth-order valence-electron chi connectivity index (χ4n) is 4.82. The van der Waals surface area contributed by atoms with Gasteiger partial charge in [-0.15, -0.1) is 0 Å². The van der Waals surface area contributed by atoms with Gasteiger partial charge in [0.2, 0.25) is 0 Å². The molecule has 0 bridgehead atoms. The largest absolute Gasteiger partial charge is 0.494 e. The Labute approximate surface area is 238 Å². The van der Waals surface area contributed by atoms with Gasteiger partial charge in [-0.25, -0.2) is 4.39 Å². The number of aliphatic carboxylic acids is 2. The zero-order valence-corrected chi connectivity index (χ0v) is 23.0. The second-order valence-corrected chi connectivity index (χ2v) is 9.77. The SMILES string of the molecule is Cc1c(CCCC(=O)O)c2c(F)ccc(C=Cc3ccc(OCCCCOc4ccccc4)cc3)c2n1CC(=O)O. The standard InChI is InChI=1S/C33H34FNO6/c1-23-28(10-7-11-30(36)37)32-29(34)19-16-25(33(32)35(23)22-31(38)39)15-12-24-13-17-27(18-14-24)41-21-6-5-20-40-26-8-3-2-4-9-26/h2-4,8-9,12-19H,5-7,10-11,20-22H2,1H3,(H,36,37)(H,38,39). The fourth-order valence-corrected chi connectivity index (χ4v) is 4.82. The molecule has 4 rings (SSSR count). The van der Waals surface area contributed by atoms with Crippen molar-refractivity contribution in [3.63, 3.8) is 0 Å². The van der Waals surface area contributed by atoms with E-state index < -0.39 is 17.8 Å². The number of rotatable bonds is 15. The minimum atomic E-state index is -1.04. The van der Waals surface area contributed by atoms with Crippen molar-refractivity contribution < 1.29 is 33.7 Å². The lowest BCUT2D eigenvalue weighted by Gasteiger charge is -2.08. The Morgan fingerprint density at radius 3 is 2.12 bits per heavy atom. The summed E-state index contributed by atoms with van der Waals surface area (Å²) >= 11 is 0. The summed E-state index contributed by atoms with van der Waals surface area (Å²) in [5.74, 6) is -0.804. The molecule has 0 aliphatic rings. The number of halogens is 1. The van der Waals surface area contributed by atoms with Crippen molar-refractivity contribution in [1.29, 1.82) is 0 Å². The molecular formula is C33H34FNO6. The minimum absolute atomic E-state index is 0.0470. The van der Waals surface area contributed by atoms with E-state index in [1.165, 1.54) is 6.07 Å². The van der Waals surface area contributed by atoms with E-state index in [1.807, 2.05) is 66.7 Å². The highest BCUT2D eigenvalue weighted by atomic mass is 19.1. The van der Waals surface area contributed by atoms with Crippen LogP contribution >= 0.6 is 0 Å². The molecule has 0 aliphatic heterocycles. The Morgan fingerprint density at radius 2 is 1.49 bits per heavy atom. The molecule has 2 N–H and O–H groups in total. The highest BCUT2D eigenvalue weighted by molar-refractivity contribution is 5.95. The Morgan fingerprint density at radius 1 is 0.829 bits per heavy atom. The third-order valence-corrected chi connectivity index (χ3v) is 6.84. The number of aromatic nitrogens is 1. The van der Waals surface area contributed by atoms with Crippen molar-refractivity contribution >= 4 is 35.0 Å². The molecule has 7 nitrogen and oxygen atoms in total. The van der Waals surface area contributed by atoms with Crippen LogP contribution < -0.4 is 9.47 Å². The summed E-state index contributed by atoms with van der Waals surface area (Å²) in [6, 6.07) is 20.3. The van der Waals surface area contributed by atoms with Crippen LogP contribution in [0, 0.1) is 12.7 Å². The van der Waals surface area contributed by atoms with Gasteiger partial charge >= 0.3 is 11.9 Å². The third-order valence-electron chi connectivity index (χ3n) is 6.84. The van der Waals surface area contributed by atoms with E-state index >= 15 is 4.39 Å². The number of ether oxygens (including phenoxy) is 2. The van der Waals surface area contributed by atoms with Crippen LogP contribution in [0.15, 0.2) is 66.7 Å². The molecule has 0 fully saturated rings. The number of unbranched alkanes of at least 4 members (excludes halogenated alkanes) is 1. The molecule has 41 heavy (non-hydrogen) atoms. The number of nitrogens with zero attached hydrogens (tertiary/aromatic N) is 1. The number of aryl methyl sites for hydroxylation is 1. The Kier molecular flexibility index (Phi) is 10.2. The van der Waals surface area contributed by atoms with E-state index in [4.69, 9.17) is 14.6 Å². The molecule has 0 saturated carbocycles. The maximum Gasteiger partial charge on any atom is 0.323 e. The van der Waals surface area contributed by atoms with Gasteiger partial charge in [-0.1, -0.05) is 42.5 Å². The average Bonchev–Trinajstić information content (AvgIpc) is 3.22. The maximum absolute atomic E-state index is 15.1. The van der Waals surface area contributed by atoms with Gasteiger partial charge in [0.1, 0.15) is 23.9 Å². The monoisotopic (exact) mass is 559 g/mol. The average molecular weight is 560 g/mol. The molecule has 214 valence electrons. The molecule has 0 unspecified atom stereocenters. The van der Waals surface area contributed by atoms with E-state index in [9.17, 15) is 14.7 Å². The predicted molar refractivity (Wildman–Crippen MR) is 157 cm³/mol. The zero-order chi connectivity index (χ0) is 29.2. The molecule has 0 spiro atoms. The lowest BCUT2D eigenvalue weighted by Crippen LogP contribution is -2.10. The first-order chi connectivity index (χ1) is 19.8. The van der Waals surface area contributed by atoms with Crippen molar-refractivity contribution in [3.8, 4) is 11.5 Å². The second kappa shape index (κ2) is 14.2. The molecule has 3 aromatic carbocycles. The van der Waals surface area contributed by atoms with Crippen LogP contribution in [0.3, 0.4) is 0 Å². The number of carbonyl (C=O) groups is 2. The topological polar surface area (TPSA) is 98.0 Å². The van der Waals surface area contributed by atoms with Crippen LogP contribution in [0.5, 0.6) is 11.5 Å². The number of benzene rings is 3. The predicted octanol–water partition coefficient (Wildman–Crippen LogP) is 6.99. The first kappa shape index (κ1) is 29.4. The van der Waals surface area contributed by atoms with Crippen LogP contribution in [0.4, 0.5) is 4.39 Å². The van der Waals surface area contributed by atoms with Gasteiger partial charge in [-0.3, -0.25) is 9.59 Å². The van der Waals surface area contributed by atoms with E-state index in [1.54, 1.807) is 17.6 Å². The molecule has 4 aromatic rings. The minimum Gasteiger partial charge on any atom is -0.494 e. The quantitative estimate of drug-likeness (QED) is 0.120. The molecule has 0 saturated heterocycles. The van der Waals surface area contributed by atoms with E-state index in [-0.39, 0.29) is 13.0 Å². The normalized spacial score (nSPS) is 11.3. The number of carboxylic acid groups (broad SMARTS) is 2. The van der Waals surface area contributed by atoms with Crippen LogP contribution in [-0.2, 0) is 22.6 Å². The summed E-state index contributed by atoms with van der Waals surface area (Å²) in [6.45, 7) is 2.64. The number of hydrogen-bond donors (Lipinski definition) is 2. The molecule has 0 amide bonds. The summed E-state index contributed by atoms with van der Waals surface area (Å²) in [5, 5.41) is 18.9. The Bertz CT molecular complexity index is 1510. The number of para-hydroxylation sites is 1. The van der Waals surface area contributed by atoms with Gasteiger partial charge in [0.15, 0.2) is 0 Å². The van der Waals surface area contributed by atoms with Gasteiger partial charge in [0.05, 0.1) is 18.7 Å². The van der Waals surface area contributed by atoms with Gasteiger partial charge in [-0.2, -0.15) is 0 Å². The van der Waals surface area contributed by atoms with Crippen LogP contribution in [0.1, 0.15) is 48.1 Å². The highest BCUT2D eigenvalue weighted by Gasteiger charge is 2.21. The highest BCUT2D eigenvalue weighted by Crippen LogP contribution is 2.33. The van der Waals surface area contributed by atoms with Gasteiger partial charge in [0, 0.05) is 17.5 Å². The van der Waals surface area contributed by atoms with Crippen molar-refractivity contribution in [1.82, 2.24) is 4.57 Å². The van der Waals surface area contributed by atoms with Gasteiger partial charge < -0.3 is 24.3 Å². The fraction of sp³-hybridized carbons (Fsp3) is 0.273. The van der Waals surface area contributed by atoms with Crippen LogP contribution in [0.2, 0.25) is 0 Å². The summed E-state index contributed by atoms with van der Waals surface area (Å²) in [6.07, 6.45) is 6.09. The Balaban J connectivity index is 1.43. The summed E-state index contributed by atoms with van der Waals surface area (Å²) in [4.78, 5) is 22.6. The number of hydrogen-bond acceptors (Lipinski definition) is 4. The smallest absolute Gasteiger partial charge is 0.323 e. The molecular weight excluding hydrogens is 525 g/mol. The van der Waals surface area contributed by atoms with Gasteiger partial charge in [0.25, 0.3) is 0 Å². The van der Waals surface area contributed by atoms with E-state index in [0.29, 0.717) is 53.8 Å². The first-order valence-electron chi connectivity index (χ1n) is 13.7. The number of fused-ring (bicyclic) bond motifs is 1. The van der Waals surface area contributed by atoms with E-state index in [0.717, 1.165) is 29.9 Å². The van der Waals surface area contributed by atoms with Gasteiger partial charge in [-0.05, 0) is 85.7 Å². The first-order valence-corrected chi connectivity index (χ1v) is 13.7. The maximum atomic E-state index is 15.1.